The monoisotopic (exact) mass is 105 g/mol. The van der Waals surface area contributed by atoms with E-state index in [1.165, 1.54) is 0 Å². The van der Waals surface area contributed by atoms with Crippen LogP contribution < -0.4 is 0 Å². The van der Waals surface area contributed by atoms with Crippen LogP contribution in [0.2, 0.25) is 0 Å². The fourth-order valence-electron chi connectivity index (χ4n) is 0. The van der Waals surface area contributed by atoms with Gasteiger partial charge in [-0.15, -0.1) is 0 Å². The summed E-state index contributed by atoms with van der Waals surface area (Å²) < 4.78 is 0. The molecule has 0 aromatic rings. The Balaban J connectivity index is 2.85. The number of hydrogen-bond donors (Lipinski definition) is 1. The third-order valence-electron chi connectivity index (χ3n) is 0.296. The second kappa shape index (κ2) is 2.97. The van der Waals surface area contributed by atoms with Gasteiger partial charge in [-0.1, -0.05) is 0 Å². The number of thiol groups is 1. The molecule has 1 atom stereocenters. The van der Waals surface area contributed by atoms with Crippen molar-refractivity contribution in [3.05, 3.63) is 0 Å². The van der Waals surface area contributed by atoms with E-state index in [0.717, 1.165) is 5.75 Å². The zero-order valence-electron chi connectivity index (χ0n) is 3.14. The number of rotatable bonds is 1. The van der Waals surface area contributed by atoms with Crippen LogP contribution in [0, 0.1) is 0 Å². The van der Waals surface area contributed by atoms with Crippen molar-refractivity contribution in [3.63, 3.8) is 0 Å². The molecule has 0 rings (SSSR count). The molecule has 5 heavy (non-hydrogen) atoms. The second-order valence-electron chi connectivity index (χ2n) is 0.690. The van der Waals surface area contributed by atoms with Crippen LogP contribution in [-0.2, 0) is 0 Å². The predicted molar refractivity (Wildman–Crippen MR) is 32.9 cm³/mol. The van der Waals surface area contributed by atoms with Crippen molar-refractivity contribution in [1.29, 1.82) is 0 Å². The third-order valence-corrected chi connectivity index (χ3v) is 1.66. The first kappa shape index (κ1) is 5.76. The van der Waals surface area contributed by atoms with Crippen LogP contribution in [0.5, 0.6) is 0 Å². The maximum atomic E-state index is 5.18. The van der Waals surface area contributed by atoms with Gasteiger partial charge in [-0.3, -0.25) is 0 Å². The van der Waals surface area contributed by atoms with E-state index in [1.807, 2.05) is 6.92 Å². The first-order chi connectivity index (χ1) is 2.27. The SMILES string of the molecule is [B]=S(S)CC. The van der Waals surface area contributed by atoms with Crippen molar-refractivity contribution in [2.45, 2.75) is 6.92 Å². The average molecular weight is 105 g/mol. The zero-order valence-corrected chi connectivity index (χ0v) is 4.85. The summed E-state index contributed by atoms with van der Waals surface area (Å²) in [6, 6.07) is 0. The van der Waals surface area contributed by atoms with Gasteiger partial charge < -0.3 is 0 Å². The summed E-state index contributed by atoms with van der Waals surface area (Å²) in [5.41, 5.74) is 0. The molecule has 0 fully saturated rings. The molecule has 0 heterocycles. The van der Waals surface area contributed by atoms with Gasteiger partial charge in [-0.2, -0.15) is 0 Å². The Labute approximate surface area is 41.0 Å². The van der Waals surface area contributed by atoms with E-state index in [0.29, 0.717) is 0 Å². The summed E-state index contributed by atoms with van der Waals surface area (Å²) in [6.45, 7) is 7.19. The molecule has 0 nitrogen and oxygen atoms in total. The van der Waals surface area contributed by atoms with Crippen LogP contribution in [0.1, 0.15) is 6.92 Å². The first-order valence-corrected chi connectivity index (χ1v) is 3.92. The maximum absolute atomic E-state index is 5.18. The molecule has 0 saturated carbocycles. The van der Waals surface area contributed by atoms with Gasteiger partial charge in [0.05, 0.1) is 0 Å². The molecule has 3 heteroatoms. The van der Waals surface area contributed by atoms with Gasteiger partial charge in [-0.25, -0.2) is 0 Å². The van der Waals surface area contributed by atoms with Crippen molar-refractivity contribution in [1.82, 2.24) is 0 Å². The molecule has 29 valence electrons. The second-order valence-corrected chi connectivity index (χ2v) is 3.48. The molecule has 0 N–H and O–H groups in total. The summed E-state index contributed by atoms with van der Waals surface area (Å²) >= 11 is 3.90. The van der Waals surface area contributed by atoms with Gasteiger partial charge >= 0.3 is 40.4 Å². The summed E-state index contributed by atoms with van der Waals surface area (Å²) in [4.78, 5) is 0. The molecule has 0 aliphatic carbocycles. The Morgan fingerprint density at radius 1 is 2.00 bits per heavy atom. The quantitative estimate of drug-likeness (QED) is 0.289. The Morgan fingerprint density at radius 3 is 2.20 bits per heavy atom. The van der Waals surface area contributed by atoms with Crippen LogP contribution in [0.25, 0.3) is 0 Å². The van der Waals surface area contributed by atoms with Gasteiger partial charge in [0.25, 0.3) is 0 Å². The van der Waals surface area contributed by atoms with E-state index in [1.54, 1.807) is 0 Å². The topological polar surface area (TPSA) is 0 Å². The van der Waals surface area contributed by atoms with Crippen LogP contribution in [0.3, 0.4) is 0 Å². The van der Waals surface area contributed by atoms with E-state index in [4.69, 9.17) is 6.72 Å². The summed E-state index contributed by atoms with van der Waals surface area (Å²) in [6.07, 6.45) is 0. The molecular weight excluding hydrogens is 99.0 g/mol. The Bertz CT molecular complexity index is 42.9. The van der Waals surface area contributed by atoms with E-state index in [2.05, 4.69) is 11.7 Å². The van der Waals surface area contributed by atoms with Gasteiger partial charge in [-0.05, 0) is 0 Å². The van der Waals surface area contributed by atoms with Crippen LogP contribution in [-0.4, -0.2) is 12.5 Å². The van der Waals surface area contributed by atoms with Crippen molar-refractivity contribution in [2.75, 3.05) is 5.75 Å². The predicted octanol–water partition coefficient (Wildman–Crippen LogP) is 1.20. The van der Waals surface area contributed by atoms with Crippen LogP contribution in [0.4, 0.5) is 0 Å². The molecule has 0 aromatic heterocycles. The molecule has 0 amide bonds. The molecule has 0 bridgehead atoms. The van der Waals surface area contributed by atoms with Crippen LogP contribution >= 0.6 is 21.0 Å². The minimum absolute atomic E-state index is 0.128. The van der Waals surface area contributed by atoms with Gasteiger partial charge in [0.2, 0.25) is 0 Å². The van der Waals surface area contributed by atoms with Gasteiger partial charge in [0, 0.05) is 0 Å². The van der Waals surface area contributed by atoms with Gasteiger partial charge in [0.15, 0.2) is 0 Å². The number of hydrogen-bond acceptors (Lipinski definition) is 1. The fraction of sp³-hybridized carbons (Fsp3) is 1.00. The molecule has 0 spiro atoms. The first-order valence-electron chi connectivity index (χ1n) is 1.41. The van der Waals surface area contributed by atoms with Crippen molar-refractivity contribution in [3.8, 4) is 0 Å². The standard InChI is InChI=1S/C2H6BS2/c1-2-5(3)4/h4H,2H2,1H3. The molecule has 0 saturated heterocycles. The Hall–Kier alpha value is 0.765. The molecule has 0 aliphatic rings. The van der Waals surface area contributed by atoms with E-state index in [9.17, 15) is 0 Å². The third kappa shape index (κ3) is 4.76. The summed E-state index contributed by atoms with van der Waals surface area (Å²) in [7, 11) is -0.128. The Kier molecular flexibility index (Phi) is 3.43. The molecular formula is C2H6BS2. The van der Waals surface area contributed by atoms with Crippen LogP contribution in [0.15, 0.2) is 0 Å². The zero-order chi connectivity index (χ0) is 4.28. The van der Waals surface area contributed by atoms with E-state index < -0.39 is 0 Å². The Morgan fingerprint density at radius 2 is 2.20 bits per heavy atom. The average Bonchev–Trinajstić information content (AvgIpc) is 1.38. The van der Waals surface area contributed by atoms with Crippen molar-refractivity contribution >= 4 is 27.7 Å². The van der Waals surface area contributed by atoms with Crippen molar-refractivity contribution in [2.24, 2.45) is 0 Å². The van der Waals surface area contributed by atoms with E-state index in [-0.39, 0.29) is 9.35 Å². The molecule has 0 aromatic carbocycles. The normalized spacial score (nSPS) is 14.6. The molecule has 0 aliphatic heterocycles. The van der Waals surface area contributed by atoms with E-state index >= 15 is 0 Å². The fourth-order valence-corrected chi connectivity index (χ4v) is 0. The summed E-state index contributed by atoms with van der Waals surface area (Å²) in [5, 5.41) is 0. The molecule has 1 radical (unpaired) electrons. The minimum atomic E-state index is -0.128. The summed E-state index contributed by atoms with van der Waals surface area (Å²) in [5.74, 6) is 0.975. The van der Waals surface area contributed by atoms with Gasteiger partial charge in [0.1, 0.15) is 0 Å². The molecule has 1 unspecified atom stereocenters. The van der Waals surface area contributed by atoms with Crippen molar-refractivity contribution < 1.29 is 0 Å².